The summed E-state index contributed by atoms with van der Waals surface area (Å²) in [5, 5.41) is 0. The van der Waals surface area contributed by atoms with Crippen LogP contribution in [0.5, 0.6) is 5.75 Å². The van der Waals surface area contributed by atoms with Gasteiger partial charge in [-0.15, -0.1) is 0 Å². The number of rotatable bonds is 4. The number of halogens is 2. The molecule has 1 nitrogen and oxygen atoms in total. The number of methoxy groups -OCH3 is 1. The molecule has 2 fully saturated rings. The molecule has 0 radical (unpaired) electrons. The Morgan fingerprint density at radius 1 is 0.862 bits per heavy atom. The summed E-state index contributed by atoms with van der Waals surface area (Å²) >= 11 is 0. The van der Waals surface area contributed by atoms with Gasteiger partial charge in [-0.2, -0.15) is 0 Å². The van der Waals surface area contributed by atoms with Gasteiger partial charge >= 0.3 is 0 Å². The smallest absolute Gasteiger partial charge is 0.165 e. The van der Waals surface area contributed by atoms with Gasteiger partial charge in [-0.3, -0.25) is 0 Å². The lowest BCUT2D eigenvalue weighted by molar-refractivity contribution is 0.132. The number of fused-ring (bicyclic) bond motifs is 1. The van der Waals surface area contributed by atoms with Crippen molar-refractivity contribution < 1.29 is 13.5 Å². The second kappa shape index (κ2) is 8.69. The zero-order valence-corrected chi connectivity index (χ0v) is 17.3. The molecule has 154 valence electrons. The SMILES string of the molecule is C/C=C/C1CCC2CC(c3ccc(-c4ccc(OC)c(F)c4)cc3F)CCC2C1. The molecule has 0 amide bonds. The summed E-state index contributed by atoms with van der Waals surface area (Å²) < 4.78 is 34.0. The Balaban J connectivity index is 1.48. The Morgan fingerprint density at radius 2 is 1.55 bits per heavy atom. The summed E-state index contributed by atoms with van der Waals surface area (Å²) in [6.07, 6.45) is 11.7. The zero-order valence-electron chi connectivity index (χ0n) is 17.3. The highest BCUT2D eigenvalue weighted by Gasteiger charge is 2.36. The van der Waals surface area contributed by atoms with Crippen LogP contribution < -0.4 is 4.74 Å². The molecule has 29 heavy (non-hydrogen) atoms. The van der Waals surface area contributed by atoms with Crippen molar-refractivity contribution in [3.63, 3.8) is 0 Å². The van der Waals surface area contributed by atoms with Crippen molar-refractivity contribution in [2.75, 3.05) is 7.11 Å². The molecule has 0 N–H and O–H groups in total. The highest BCUT2D eigenvalue weighted by atomic mass is 19.1. The first-order valence-corrected chi connectivity index (χ1v) is 10.8. The fraction of sp³-hybridized carbons (Fsp3) is 0.462. The summed E-state index contributed by atoms with van der Waals surface area (Å²) in [5.74, 6) is 2.17. The Morgan fingerprint density at radius 3 is 2.24 bits per heavy atom. The van der Waals surface area contributed by atoms with Crippen molar-refractivity contribution >= 4 is 0 Å². The zero-order chi connectivity index (χ0) is 20.4. The molecule has 0 spiro atoms. The van der Waals surface area contributed by atoms with Crippen LogP contribution in [0.4, 0.5) is 8.78 Å². The molecule has 0 aromatic heterocycles. The first-order chi connectivity index (χ1) is 14.1. The van der Waals surface area contributed by atoms with Crippen LogP contribution in [0.1, 0.15) is 56.9 Å². The van der Waals surface area contributed by atoms with E-state index in [0.717, 1.165) is 36.2 Å². The van der Waals surface area contributed by atoms with Gasteiger partial charge in [0.25, 0.3) is 0 Å². The molecule has 4 unspecified atom stereocenters. The van der Waals surface area contributed by atoms with E-state index in [2.05, 4.69) is 19.1 Å². The number of ether oxygens (including phenoxy) is 1. The monoisotopic (exact) mass is 396 g/mol. The fourth-order valence-corrected chi connectivity index (χ4v) is 5.54. The van der Waals surface area contributed by atoms with E-state index in [1.807, 2.05) is 12.1 Å². The first-order valence-electron chi connectivity index (χ1n) is 10.8. The van der Waals surface area contributed by atoms with Crippen LogP contribution in [-0.2, 0) is 0 Å². The minimum absolute atomic E-state index is 0.162. The normalized spacial score (nSPS) is 27.0. The standard InChI is InChI=1S/C26H30F2O/c1-3-4-17-5-6-19-14-22(8-7-18(19)13-17)23-11-9-20(15-24(23)27)21-10-12-26(29-2)25(28)16-21/h3-4,9-12,15-19,22H,5-8,13-14H2,1-2H3/b4-3+. The lowest BCUT2D eigenvalue weighted by Crippen LogP contribution is -2.30. The molecule has 0 heterocycles. The minimum Gasteiger partial charge on any atom is -0.494 e. The maximum Gasteiger partial charge on any atom is 0.165 e. The second-order valence-corrected chi connectivity index (χ2v) is 8.71. The molecule has 0 aliphatic heterocycles. The number of benzene rings is 2. The predicted molar refractivity (Wildman–Crippen MR) is 114 cm³/mol. The van der Waals surface area contributed by atoms with E-state index >= 15 is 4.39 Å². The Kier molecular flexibility index (Phi) is 6.03. The van der Waals surface area contributed by atoms with Gasteiger partial charge in [-0.05, 0) is 104 Å². The van der Waals surface area contributed by atoms with Crippen molar-refractivity contribution in [2.24, 2.45) is 17.8 Å². The van der Waals surface area contributed by atoms with E-state index in [4.69, 9.17) is 4.74 Å². The van der Waals surface area contributed by atoms with E-state index < -0.39 is 5.82 Å². The molecule has 2 aromatic carbocycles. The van der Waals surface area contributed by atoms with Crippen LogP contribution in [0.2, 0.25) is 0 Å². The van der Waals surface area contributed by atoms with Gasteiger partial charge < -0.3 is 4.74 Å². The maximum absolute atomic E-state index is 15.0. The van der Waals surface area contributed by atoms with Gasteiger partial charge in [0.1, 0.15) is 5.82 Å². The van der Waals surface area contributed by atoms with Gasteiger partial charge in [0.05, 0.1) is 7.11 Å². The fourth-order valence-electron chi connectivity index (χ4n) is 5.54. The van der Waals surface area contributed by atoms with Gasteiger partial charge in [-0.25, -0.2) is 8.78 Å². The Bertz CT molecular complexity index is 888. The average Bonchev–Trinajstić information content (AvgIpc) is 2.73. The number of hydrogen-bond acceptors (Lipinski definition) is 1. The summed E-state index contributed by atoms with van der Waals surface area (Å²) in [5.41, 5.74) is 2.20. The van der Waals surface area contributed by atoms with Crippen LogP contribution >= 0.6 is 0 Å². The van der Waals surface area contributed by atoms with Crippen LogP contribution in [0.25, 0.3) is 11.1 Å². The van der Waals surface area contributed by atoms with E-state index in [0.29, 0.717) is 17.0 Å². The van der Waals surface area contributed by atoms with Gasteiger partial charge in [-0.1, -0.05) is 30.4 Å². The molecule has 2 aromatic rings. The van der Waals surface area contributed by atoms with Crippen molar-refractivity contribution in [3.05, 3.63) is 65.7 Å². The summed E-state index contributed by atoms with van der Waals surface area (Å²) in [4.78, 5) is 0. The van der Waals surface area contributed by atoms with Gasteiger partial charge in [0.15, 0.2) is 11.6 Å². The second-order valence-electron chi connectivity index (χ2n) is 8.71. The third kappa shape index (κ3) is 4.24. The van der Waals surface area contributed by atoms with Crippen molar-refractivity contribution in [1.82, 2.24) is 0 Å². The van der Waals surface area contributed by atoms with E-state index in [1.54, 1.807) is 18.2 Å². The molecule has 4 atom stereocenters. The molecule has 2 aliphatic rings. The van der Waals surface area contributed by atoms with E-state index in [9.17, 15) is 4.39 Å². The van der Waals surface area contributed by atoms with Crippen molar-refractivity contribution in [3.8, 4) is 16.9 Å². The third-order valence-electron chi connectivity index (χ3n) is 7.04. The number of allylic oxidation sites excluding steroid dienone is 2. The molecule has 0 saturated heterocycles. The highest BCUT2D eigenvalue weighted by molar-refractivity contribution is 5.65. The Hall–Kier alpha value is -2.16. The van der Waals surface area contributed by atoms with Crippen molar-refractivity contribution in [1.29, 1.82) is 0 Å². The molecule has 0 bridgehead atoms. The van der Waals surface area contributed by atoms with Crippen LogP contribution in [0.15, 0.2) is 48.6 Å². The average molecular weight is 397 g/mol. The van der Waals surface area contributed by atoms with E-state index in [1.165, 1.54) is 38.9 Å². The topological polar surface area (TPSA) is 9.23 Å². The molecule has 2 aliphatic carbocycles. The Labute approximate surface area is 172 Å². The van der Waals surface area contributed by atoms with Gasteiger partial charge in [0.2, 0.25) is 0 Å². The molecular formula is C26H30F2O. The molecular weight excluding hydrogens is 366 g/mol. The summed E-state index contributed by atoms with van der Waals surface area (Å²) in [6, 6.07) is 10.2. The number of hydrogen-bond donors (Lipinski definition) is 0. The lowest BCUT2D eigenvalue weighted by Gasteiger charge is -2.42. The first kappa shape index (κ1) is 20.1. The van der Waals surface area contributed by atoms with E-state index in [-0.39, 0.29) is 11.6 Å². The highest BCUT2D eigenvalue weighted by Crippen LogP contribution is 2.48. The van der Waals surface area contributed by atoms with Gasteiger partial charge in [0, 0.05) is 0 Å². The maximum atomic E-state index is 15.0. The minimum atomic E-state index is -0.429. The van der Waals surface area contributed by atoms with Crippen molar-refractivity contribution in [2.45, 2.75) is 51.4 Å². The molecule has 2 saturated carbocycles. The molecule has 4 rings (SSSR count). The lowest BCUT2D eigenvalue weighted by atomic mass is 9.64. The largest absolute Gasteiger partial charge is 0.494 e. The summed E-state index contributed by atoms with van der Waals surface area (Å²) in [6.45, 7) is 2.11. The van der Waals surface area contributed by atoms with Crippen LogP contribution in [0, 0.1) is 29.4 Å². The predicted octanol–water partition coefficient (Wildman–Crippen LogP) is 7.52. The van der Waals surface area contributed by atoms with Crippen LogP contribution in [-0.4, -0.2) is 7.11 Å². The third-order valence-corrected chi connectivity index (χ3v) is 7.04. The quantitative estimate of drug-likeness (QED) is 0.486. The molecule has 3 heteroatoms. The summed E-state index contributed by atoms with van der Waals surface area (Å²) in [7, 11) is 1.44. The van der Waals surface area contributed by atoms with Crippen LogP contribution in [0.3, 0.4) is 0 Å².